The first-order valence-corrected chi connectivity index (χ1v) is 1.99. The summed E-state index contributed by atoms with van der Waals surface area (Å²) < 4.78 is 0. The van der Waals surface area contributed by atoms with Crippen molar-refractivity contribution in [1.82, 2.24) is 0 Å². The van der Waals surface area contributed by atoms with E-state index < -0.39 is 5.97 Å². The predicted octanol–water partition coefficient (Wildman–Crippen LogP) is 0.713. The predicted molar refractivity (Wildman–Crippen MR) is 30.5 cm³/mol. The number of rotatable bonds is 2. The Morgan fingerprint density at radius 3 is 2.12 bits per heavy atom. The van der Waals surface area contributed by atoms with Crippen molar-refractivity contribution in [2.45, 2.75) is 19.8 Å². The van der Waals surface area contributed by atoms with Crippen molar-refractivity contribution in [1.29, 1.82) is 0 Å². The maximum atomic E-state index is 9.60. The topological polar surface area (TPSA) is 37.3 Å². The van der Waals surface area contributed by atoms with Crippen LogP contribution in [0.25, 0.3) is 0 Å². The molecule has 0 rings (SSSR count). The van der Waals surface area contributed by atoms with Gasteiger partial charge in [0, 0.05) is 28.1 Å². The zero-order valence-electron chi connectivity index (χ0n) is 6.98. The Hall–Kier alpha value is 0.951. The zero-order valence-corrected chi connectivity index (χ0v) is 7.95. The molecule has 0 atom stereocenters. The normalized spacial score (nSPS) is 6.12. The van der Waals surface area contributed by atoms with Crippen LogP contribution in [0, 0.1) is 0 Å². The summed E-state index contributed by atoms with van der Waals surface area (Å²) in [4.78, 5) is 9.60. The molecule has 0 aliphatic carbocycles. The van der Waals surface area contributed by atoms with Gasteiger partial charge in [0.05, 0.1) is 0 Å². The van der Waals surface area contributed by atoms with Crippen LogP contribution in [-0.2, 0) is 26.5 Å². The minimum absolute atomic E-state index is 0. The van der Waals surface area contributed by atoms with Gasteiger partial charge in [-0.1, -0.05) is 6.92 Å². The monoisotopic (exact) mass is 162 g/mol. The number of aliphatic carboxylic acids is 1. The van der Waals surface area contributed by atoms with E-state index in [0.29, 0.717) is 6.42 Å². The summed E-state index contributed by atoms with van der Waals surface area (Å²) in [5, 5.41) is 7.91. The Balaban J connectivity index is -0.0000000208. The molecule has 0 bridgehead atoms. The standard InChI is InChI=1S/C4H8O2.Mg.Ti.2H/c1-2-3-4(5)6;;;;/h2-3H2,1H3,(H,5,6);;;;/q;+2;;2*-1. The van der Waals surface area contributed by atoms with Crippen molar-refractivity contribution in [3.05, 3.63) is 0 Å². The van der Waals surface area contributed by atoms with Gasteiger partial charge in [-0.3, -0.25) is 4.79 Å². The summed E-state index contributed by atoms with van der Waals surface area (Å²) in [6.45, 7) is 1.84. The van der Waals surface area contributed by atoms with Gasteiger partial charge in [-0.15, -0.1) is 0 Å². The van der Waals surface area contributed by atoms with E-state index in [4.69, 9.17) is 5.11 Å². The second-order valence-electron chi connectivity index (χ2n) is 1.14. The number of hydrogen-bond donors (Lipinski definition) is 1. The fourth-order valence-electron chi connectivity index (χ4n) is 0.214. The van der Waals surface area contributed by atoms with Crippen molar-refractivity contribution in [2.24, 2.45) is 0 Å². The van der Waals surface area contributed by atoms with E-state index in [1.165, 1.54) is 0 Å². The fraction of sp³-hybridized carbons (Fsp3) is 0.750. The summed E-state index contributed by atoms with van der Waals surface area (Å²) in [7, 11) is 0. The fourth-order valence-corrected chi connectivity index (χ4v) is 0.214. The van der Waals surface area contributed by atoms with Crippen molar-refractivity contribution < 1.29 is 34.5 Å². The number of carboxylic acid groups (broad SMARTS) is 1. The summed E-state index contributed by atoms with van der Waals surface area (Å²) in [6, 6.07) is 0. The Labute approximate surface area is 83.0 Å². The van der Waals surface area contributed by atoms with Crippen molar-refractivity contribution in [3.63, 3.8) is 0 Å². The first-order valence-electron chi connectivity index (χ1n) is 1.99. The van der Waals surface area contributed by atoms with Crippen LogP contribution >= 0.6 is 0 Å². The first-order chi connectivity index (χ1) is 2.77. The minimum Gasteiger partial charge on any atom is -1.00 e. The van der Waals surface area contributed by atoms with Gasteiger partial charge in [0.1, 0.15) is 0 Å². The van der Waals surface area contributed by atoms with Crippen LogP contribution in [0.15, 0.2) is 0 Å². The zero-order chi connectivity index (χ0) is 4.99. The SMILES string of the molecule is CCCC(=O)O.[H-].[H-].[Mg+2].[Ti]. The number of carboxylic acids is 1. The quantitative estimate of drug-likeness (QED) is 0.607. The minimum atomic E-state index is -0.711. The second kappa shape index (κ2) is 10.8. The van der Waals surface area contributed by atoms with E-state index in [0.717, 1.165) is 6.42 Å². The van der Waals surface area contributed by atoms with Gasteiger partial charge in [0.2, 0.25) is 0 Å². The third-order valence-corrected chi connectivity index (χ3v) is 0.464. The van der Waals surface area contributed by atoms with Crippen LogP contribution in [0.5, 0.6) is 0 Å². The summed E-state index contributed by atoms with van der Waals surface area (Å²) in [5.74, 6) is -0.711. The van der Waals surface area contributed by atoms with Crippen LogP contribution in [0.1, 0.15) is 22.6 Å². The van der Waals surface area contributed by atoms with Gasteiger partial charge >= 0.3 is 29.0 Å². The van der Waals surface area contributed by atoms with E-state index in [1.54, 1.807) is 0 Å². The largest absolute Gasteiger partial charge is 2.00 e. The smallest absolute Gasteiger partial charge is 1.00 e. The molecular weight excluding hydrogens is 152 g/mol. The van der Waals surface area contributed by atoms with Crippen LogP contribution in [0.4, 0.5) is 0 Å². The van der Waals surface area contributed by atoms with E-state index >= 15 is 0 Å². The molecule has 8 heavy (non-hydrogen) atoms. The molecule has 0 aromatic heterocycles. The third-order valence-electron chi connectivity index (χ3n) is 0.464. The molecule has 0 heterocycles. The average molecular weight is 162 g/mol. The number of hydrogen-bond acceptors (Lipinski definition) is 1. The molecule has 44 valence electrons. The molecule has 4 heteroatoms. The molecule has 0 spiro atoms. The molecule has 0 fully saturated rings. The molecule has 0 aliphatic rings. The van der Waals surface area contributed by atoms with Crippen LogP contribution in [0.2, 0.25) is 0 Å². The van der Waals surface area contributed by atoms with Crippen molar-refractivity contribution in [2.75, 3.05) is 0 Å². The summed E-state index contributed by atoms with van der Waals surface area (Å²) in [5.41, 5.74) is 0. The Morgan fingerprint density at radius 1 is 1.75 bits per heavy atom. The van der Waals surface area contributed by atoms with E-state index in [-0.39, 0.29) is 47.6 Å². The van der Waals surface area contributed by atoms with Gasteiger partial charge < -0.3 is 7.96 Å². The molecule has 0 aromatic rings. The summed E-state index contributed by atoms with van der Waals surface area (Å²) >= 11 is 0. The Bertz CT molecular complexity index is 65.2. The molecular formula is C4H10MgO2Ti. The van der Waals surface area contributed by atoms with Gasteiger partial charge in [-0.05, 0) is 6.42 Å². The molecule has 0 aliphatic heterocycles. The first kappa shape index (κ1) is 16.0. The van der Waals surface area contributed by atoms with Crippen LogP contribution < -0.4 is 0 Å². The molecule has 0 unspecified atom stereocenters. The van der Waals surface area contributed by atoms with E-state index in [9.17, 15) is 4.79 Å². The summed E-state index contributed by atoms with van der Waals surface area (Å²) in [6.07, 6.45) is 1.02. The second-order valence-corrected chi connectivity index (χ2v) is 1.14. The molecule has 0 radical (unpaired) electrons. The third kappa shape index (κ3) is 15.8. The van der Waals surface area contributed by atoms with Gasteiger partial charge in [0.15, 0.2) is 0 Å². The molecule has 0 saturated carbocycles. The maximum absolute atomic E-state index is 9.60. The van der Waals surface area contributed by atoms with Gasteiger partial charge in [-0.2, -0.15) is 0 Å². The molecule has 0 amide bonds. The van der Waals surface area contributed by atoms with Gasteiger partial charge in [-0.25, -0.2) is 0 Å². The number of carbonyl (C=O) groups is 1. The van der Waals surface area contributed by atoms with Crippen LogP contribution in [-0.4, -0.2) is 34.1 Å². The Morgan fingerprint density at radius 2 is 2.12 bits per heavy atom. The van der Waals surface area contributed by atoms with Gasteiger partial charge in [0.25, 0.3) is 0 Å². The molecule has 0 saturated heterocycles. The average Bonchev–Trinajstić information content (AvgIpc) is 1.35. The molecule has 2 nitrogen and oxygen atoms in total. The van der Waals surface area contributed by atoms with Crippen molar-refractivity contribution >= 4 is 29.0 Å². The van der Waals surface area contributed by atoms with E-state index in [1.807, 2.05) is 6.92 Å². The van der Waals surface area contributed by atoms with E-state index in [2.05, 4.69) is 0 Å². The molecule has 0 aromatic carbocycles. The maximum Gasteiger partial charge on any atom is 2.00 e. The Kier molecular flexibility index (Phi) is 21.7. The van der Waals surface area contributed by atoms with Crippen LogP contribution in [0.3, 0.4) is 0 Å². The van der Waals surface area contributed by atoms with Crippen molar-refractivity contribution in [3.8, 4) is 0 Å². The molecule has 1 N–H and O–H groups in total.